The second kappa shape index (κ2) is 2.70. The van der Waals surface area contributed by atoms with Gasteiger partial charge in [0.2, 0.25) is 0 Å². The van der Waals surface area contributed by atoms with E-state index < -0.39 is 0 Å². The van der Waals surface area contributed by atoms with Crippen LogP contribution in [0.1, 0.15) is 5.82 Å². The molecule has 2 aromatic heterocycles. The minimum atomic E-state index is -0.0428. The molecule has 74 valence electrons. The Morgan fingerprint density at radius 2 is 2.20 bits per heavy atom. The van der Waals surface area contributed by atoms with Crippen molar-refractivity contribution in [2.24, 2.45) is 0 Å². The van der Waals surface area contributed by atoms with Crippen molar-refractivity contribution in [1.29, 1.82) is 0 Å². The molecule has 1 N–H and O–H groups in total. The van der Waals surface area contributed by atoms with Crippen molar-refractivity contribution in [2.45, 2.75) is 6.92 Å². The number of hydrogen-bond acceptors (Lipinski definition) is 3. The summed E-state index contributed by atoms with van der Waals surface area (Å²) in [5.74, 6) is 0.809. The lowest BCUT2D eigenvalue weighted by molar-refractivity contribution is 0.605. The van der Waals surface area contributed by atoms with Gasteiger partial charge < -0.3 is 9.40 Å². The van der Waals surface area contributed by atoms with E-state index in [1.807, 2.05) is 13.0 Å². The molecule has 0 saturated carbocycles. The highest BCUT2D eigenvalue weighted by molar-refractivity contribution is 5.99. The lowest BCUT2D eigenvalue weighted by Crippen LogP contribution is -1.97. The van der Waals surface area contributed by atoms with E-state index in [9.17, 15) is 4.79 Å². The van der Waals surface area contributed by atoms with E-state index in [1.54, 1.807) is 6.07 Å². The molecule has 15 heavy (non-hydrogen) atoms. The second-order valence-corrected chi connectivity index (χ2v) is 3.45. The molecule has 1 aromatic carbocycles. The summed E-state index contributed by atoms with van der Waals surface area (Å²) in [6.07, 6.45) is 1.40. The lowest BCUT2D eigenvalue weighted by Gasteiger charge is -1.95. The molecule has 0 radical (unpaired) electrons. The molecule has 0 unspecified atom stereocenters. The van der Waals surface area contributed by atoms with Crippen molar-refractivity contribution in [3.05, 3.63) is 40.5 Å². The number of aromatic nitrogens is 2. The molecular formula is C11H8N2O2. The van der Waals surface area contributed by atoms with Gasteiger partial charge in [0.15, 0.2) is 11.0 Å². The Morgan fingerprint density at radius 3 is 3.07 bits per heavy atom. The number of hydrogen-bond donors (Lipinski definition) is 1. The van der Waals surface area contributed by atoms with Gasteiger partial charge >= 0.3 is 0 Å². The van der Waals surface area contributed by atoms with Crippen molar-refractivity contribution in [2.75, 3.05) is 0 Å². The molecule has 3 aromatic rings. The summed E-state index contributed by atoms with van der Waals surface area (Å²) in [7, 11) is 0. The first-order chi connectivity index (χ1) is 7.25. The quantitative estimate of drug-likeness (QED) is 0.603. The Balaban J connectivity index is 2.65. The lowest BCUT2D eigenvalue weighted by atomic mass is 10.2. The number of aromatic amines is 1. The van der Waals surface area contributed by atoms with E-state index in [0.29, 0.717) is 16.5 Å². The van der Waals surface area contributed by atoms with Crippen LogP contribution in [0.15, 0.2) is 33.7 Å². The fourth-order valence-electron chi connectivity index (χ4n) is 1.74. The molecular weight excluding hydrogens is 192 g/mol. The van der Waals surface area contributed by atoms with Gasteiger partial charge in [-0.25, -0.2) is 4.98 Å². The van der Waals surface area contributed by atoms with Gasteiger partial charge in [-0.2, -0.15) is 0 Å². The topological polar surface area (TPSA) is 58.9 Å². The van der Waals surface area contributed by atoms with Gasteiger partial charge in [0.25, 0.3) is 0 Å². The maximum absolute atomic E-state index is 11.5. The van der Waals surface area contributed by atoms with Crippen molar-refractivity contribution in [1.82, 2.24) is 9.97 Å². The van der Waals surface area contributed by atoms with E-state index >= 15 is 0 Å². The summed E-state index contributed by atoms with van der Waals surface area (Å²) in [4.78, 5) is 18.9. The van der Waals surface area contributed by atoms with E-state index in [-0.39, 0.29) is 5.43 Å². The van der Waals surface area contributed by atoms with Crippen LogP contribution < -0.4 is 5.43 Å². The highest BCUT2D eigenvalue weighted by Crippen LogP contribution is 2.20. The Labute approximate surface area is 84.6 Å². The molecule has 0 spiro atoms. The SMILES string of the molecule is Cc1nc2c(ccc3c(=O)ccoc32)[nH]1. The smallest absolute Gasteiger partial charge is 0.192 e. The van der Waals surface area contributed by atoms with E-state index in [0.717, 1.165) is 11.3 Å². The zero-order chi connectivity index (χ0) is 10.4. The van der Waals surface area contributed by atoms with Crippen LogP contribution in [0.2, 0.25) is 0 Å². The molecule has 4 nitrogen and oxygen atoms in total. The standard InChI is InChI=1S/C11H8N2O2/c1-6-12-8-3-2-7-9(14)4-5-15-11(7)10(8)13-6/h2-5H,1H3,(H,12,13). The van der Waals surface area contributed by atoms with Crippen LogP contribution in [-0.2, 0) is 0 Å². The first-order valence-corrected chi connectivity index (χ1v) is 4.62. The molecule has 0 aliphatic rings. The second-order valence-electron chi connectivity index (χ2n) is 3.45. The molecule has 3 rings (SSSR count). The van der Waals surface area contributed by atoms with Gasteiger partial charge in [0.1, 0.15) is 11.3 Å². The summed E-state index contributed by atoms with van der Waals surface area (Å²) in [5.41, 5.74) is 2.10. The van der Waals surface area contributed by atoms with E-state index in [2.05, 4.69) is 9.97 Å². The number of aryl methyl sites for hydroxylation is 1. The van der Waals surface area contributed by atoms with E-state index in [1.165, 1.54) is 12.3 Å². The zero-order valence-corrected chi connectivity index (χ0v) is 8.07. The third-order valence-electron chi connectivity index (χ3n) is 2.40. The predicted octanol–water partition coefficient (Wildman–Crippen LogP) is 1.98. The average molecular weight is 200 g/mol. The van der Waals surface area contributed by atoms with Crippen LogP contribution in [0.4, 0.5) is 0 Å². The minimum Gasteiger partial charge on any atom is -0.462 e. The first kappa shape index (κ1) is 8.23. The number of nitrogens with zero attached hydrogens (tertiary/aromatic N) is 1. The van der Waals surface area contributed by atoms with Gasteiger partial charge in [0.05, 0.1) is 17.2 Å². The summed E-state index contributed by atoms with van der Waals surface area (Å²) in [5, 5.41) is 0.566. The Morgan fingerprint density at radius 1 is 1.33 bits per heavy atom. The predicted molar refractivity (Wildman–Crippen MR) is 56.9 cm³/mol. The number of imidazole rings is 1. The number of rotatable bonds is 0. The van der Waals surface area contributed by atoms with Crippen LogP contribution in [-0.4, -0.2) is 9.97 Å². The monoisotopic (exact) mass is 200 g/mol. The number of H-pyrrole nitrogens is 1. The van der Waals surface area contributed by atoms with Gasteiger partial charge in [-0.05, 0) is 19.1 Å². The minimum absolute atomic E-state index is 0.0428. The number of fused-ring (bicyclic) bond motifs is 3. The first-order valence-electron chi connectivity index (χ1n) is 4.62. The van der Waals surface area contributed by atoms with Crippen molar-refractivity contribution >= 4 is 22.0 Å². The Kier molecular flexibility index (Phi) is 1.48. The van der Waals surface area contributed by atoms with Gasteiger partial charge in [0, 0.05) is 6.07 Å². The normalized spacial score (nSPS) is 11.3. The highest BCUT2D eigenvalue weighted by Gasteiger charge is 2.08. The molecule has 0 fully saturated rings. The molecule has 0 aliphatic heterocycles. The summed E-state index contributed by atoms with van der Waals surface area (Å²) in [6, 6.07) is 5.00. The third kappa shape index (κ3) is 1.08. The largest absolute Gasteiger partial charge is 0.462 e. The fourth-order valence-corrected chi connectivity index (χ4v) is 1.74. The van der Waals surface area contributed by atoms with Crippen molar-refractivity contribution < 1.29 is 4.42 Å². The number of nitrogens with one attached hydrogen (secondary N) is 1. The molecule has 2 heterocycles. The van der Waals surface area contributed by atoms with Crippen molar-refractivity contribution in [3.8, 4) is 0 Å². The molecule has 0 bridgehead atoms. The van der Waals surface area contributed by atoms with E-state index in [4.69, 9.17) is 4.42 Å². The van der Waals surface area contributed by atoms with Crippen LogP contribution in [0.3, 0.4) is 0 Å². The summed E-state index contributed by atoms with van der Waals surface area (Å²) >= 11 is 0. The molecule has 0 atom stereocenters. The maximum Gasteiger partial charge on any atom is 0.192 e. The van der Waals surface area contributed by atoms with Gasteiger partial charge in [-0.1, -0.05) is 0 Å². The zero-order valence-electron chi connectivity index (χ0n) is 8.07. The summed E-state index contributed by atoms with van der Waals surface area (Å²) in [6.45, 7) is 1.87. The maximum atomic E-state index is 11.5. The summed E-state index contributed by atoms with van der Waals surface area (Å²) < 4.78 is 5.34. The Bertz CT molecular complexity index is 709. The number of benzene rings is 1. The van der Waals surface area contributed by atoms with Crippen LogP contribution in [0, 0.1) is 6.92 Å². The highest BCUT2D eigenvalue weighted by atomic mass is 16.3. The third-order valence-corrected chi connectivity index (χ3v) is 2.40. The molecule has 0 aliphatic carbocycles. The van der Waals surface area contributed by atoms with Crippen molar-refractivity contribution in [3.63, 3.8) is 0 Å². The average Bonchev–Trinajstić information content (AvgIpc) is 2.59. The van der Waals surface area contributed by atoms with Gasteiger partial charge in [-0.3, -0.25) is 4.79 Å². The molecule has 0 amide bonds. The van der Waals surface area contributed by atoms with Crippen LogP contribution >= 0.6 is 0 Å². The fraction of sp³-hybridized carbons (Fsp3) is 0.0909. The van der Waals surface area contributed by atoms with Gasteiger partial charge in [-0.15, -0.1) is 0 Å². The van der Waals surface area contributed by atoms with Crippen LogP contribution in [0.5, 0.6) is 0 Å². The molecule has 0 saturated heterocycles. The van der Waals surface area contributed by atoms with Crippen LogP contribution in [0.25, 0.3) is 22.0 Å². The Hall–Kier alpha value is -2.10. The molecule has 4 heteroatoms.